The first-order chi connectivity index (χ1) is 10.6. The summed E-state index contributed by atoms with van der Waals surface area (Å²) in [4.78, 5) is 15.4. The van der Waals surface area contributed by atoms with Gasteiger partial charge in [-0.05, 0) is 44.0 Å². The molecular weight excluding hydrogens is 302 g/mol. The summed E-state index contributed by atoms with van der Waals surface area (Å²) >= 11 is 6.03. The summed E-state index contributed by atoms with van der Waals surface area (Å²) < 4.78 is 5.01. The highest BCUT2D eigenvalue weighted by Gasteiger charge is 2.16. The maximum absolute atomic E-state index is 12.2. The van der Waals surface area contributed by atoms with E-state index in [-0.39, 0.29) is 5.91 Å². The van der Waals surface area contributed by atoms with Crippen LogP contribution in [0, 0.1) is 13.8 Å². The van der Waals surface area contributed by atoms with Crippen LogP contribution in [-0.4, -0.2) is 22.6 Å². The maximum atomic E-state index is 12.2. The van der Waals surface area contributed by atoms with Crippen molar-refractivity contribution in [2.45, 2.75) is 20.3 Å². The van der Waals surface area contributed by atoms with Gasteiger partial charge in [-0.1, -0.05) is 16.8 Å². The van der Waals surface area contributed by atoms with Crippen LogP contribution in [0.4, 0.5) is 0 Å². The molecule has 0 atom stereocenters. The van der Waals surface area contributed by atoms with Gasteiger partial charge in [-0.2, -0.15) is 0 Å². The number of halogens is 1. The van der Waals surface area contributed by atoms with Gasteiger partial charge in [-0.25, -0.2) is 0 Å². The van der Waals surface area contributed by atoms with E-state index in [1.807, 2.05) is 24.4 Å². The van der Waals surface area contributed by atoms with Gasteiger partial charge in [0.05, 0.1) is 5.69 Å². The van der Waals surface area contributed by atoms with Crippen LogP contribution in [0.1, 0.15) is 27.4 Å². The fourth-order valence-electron chi connectivity index (χ4n) is 2.56. The second kappa shape index (κ2) is 5.85. The number of aryl methyl sites for hydroxylation is 2. The van der Waals surface area contributed by atoms with Crippen molar-refractivity contribution >= 4 is 28.4 Å². The van der Waals surface area contributed by atoms with Crippen molar-refractivity contribution in [1.82, 2.24) is 15.5 Å². The summed E-state index contributed by atoms with van der Waals surface area (Å²) in [6, 6.07) is 5.73. The maximum Gasteiger partial charge on any atom is 0.256 e. The van der Waals surface area contributed by atoms with Gasteiger partial charge in [0, 0.05) is 28.7 Å². The number of hydrogen-bond donors (Lipinski definition) is 2. The summed E-state index contributed by atoms with van der Waals surface area (Å²) in [6.07, 6.45) is 2.67. The van der Waals surface area contributed by atoms with Gasteiger partial charge in [0.1, 0.15) is 11.3 Å². The first kappa shape index (κ1) is 14.7. The normalized spacial score (nSPS) is 11.0. The largest absolute Gasteiger partial charge is 0.361 e. The Hall–Kier alpha value is -2.27. The average molecular weight is 318 g/mol. The second-order valence-corrected chi connectivity index (χ2v) is 5.65. The van der Waals surface area contributed by atoms with Gasteiger partial charge in [0.15, 0.2) is 0 Å². The second-order valence-electron chi connectivity index (χ2n) is 5.21. The number of aromatic nitrogens is 2. The molecule has 0 saturated carbocycles. The van der Waals surface area contributed by atoms with Crippen LogP contribution in [0.3, 0.4) is 0 Å². The fourth-order valence-corrected chi connectivity index (χ4v) is 2.74. The Bertz CT molecular complexity index is 816. The number of fused-ring (bicyclic) bond motifs is 1. The van der Waals surface area contributed by atoms with E-state index in [1.165, 1.54) is 0 Å². The van der Waals surface area contributed by atoms with E-state index < -0.39 is 0 Å². The van der Waals surface area contributed by atoms with Crippen LogP contribution in [-0.2, 0) is 6.42 Å². The van der Waals surface area contributed by atoms with Crippen LogP contribution >= 0.6 is 11.6 Å². The monoisotopic (exact) mass is 317 g/mol. The van der Waals surface area contributed by atoms with E-state index in [0.717, 1.165) is 22.9 Å². The van der Waals surface area contributed by atoms with Crippen molar-refractivity contribution in [3.8, 4) is 0 Å². The van der Waals surface area contributed by atoms with Crippen molar-refractivity contribution in [3.05, 3.63) is 52.0 Å². The van der Waals surface area contributed by atoms with Crippen LogP contribution in [0.15, 0.2) is 28.9 Å². The molecule has 1 amide bonds. The van der Waals surface area contributed by atoms with Crippen LogP contribution in [0.2, 0.25) is 5.02 Å². The molecule has 0 radical (unpaired) electrons. The quantitative estimate of drug-likeness (QED) is 0.774. The van der Waals surface area contributed by atoms with Crippen LogP contribution in [0.25, 0.3) is 10.9 Å². The number of amides is 1. The Morgan fingerprint density at radius 3 is 2.95 bits per heavy atom. The molecule has 5 nitrogen and oxygen atoms in total. The number of hydrogen-bond acceptors (Lipinski definition) is 3. The molecule has 3 rings (SSSR count). The Morgan fingerprint density at radius 2 is 2.23 bits per heavy atom. The molecular formula is C16H16ClN3O2. The molecule has 1 aromatic carbocycles. The lowest BCUT2D eigenvalue weighted by Gasteiger charge is -2.04. The summed E-state index contributed by atoms with van der Waals surface area (Å²) in [5.41, 5.74) is 3.28. The molecule has 0 bridgehead atoms. The van der Waals surface area contributed by atoms with Crippen LogP contribution in [0.5, 0.6) is 0 Å². The topological polar surface area (TPSA) is 70.9 Å². The molecule has 6 heteroatoms. The van der Waals surface area contributed by atoms with Gasteiger partial charge in [0.25, 0.3) is 5.91 Å². The lowest BCUT2D eigenvalue weighted by atomic mass is 10.1. The predicted molar refractivity (Wildman–Crippen MR) is 85.3 cm³/mol. The SMILES string of the molecule is Cc1noc(C)c1C(=O)NCCc1c[nH]c2ccc(Cl)cc12. The van der Waals surface area contributed by atoms with Gasteiger partial charge in [-0.15, -0.1) is 0 Å². The van der Waals surface area contributed by atoms with Gasteiger partial charge >= 0.3 is 0 Å². The highest BCUT2D eigenvalue weighted by atomic mass is 35.5. The number of carbonyl (C=O) groups excluding carboxylic acids is 1. The van der Waals surface area contributed by atoms with Gasteiger partial charge in [-0.3, -0.25) is 4.79 Å². The smallest absolute Gasteiger partial charge is 0.256 e. The van der Waals surface area contributed by atoms with Gasteiger partial charge < -0.3 is 14.8 Å². The molecule has 0 aliphatic carbocycles. The van der Waals surface area contributed by atoms with Crippen molar-refractivity contribution in [2.24, 2.45) is 0 Å². The number of aromatic amines is 1. The number of rotatable bonds is 4. The fraction of sp³-hybridized carbons (Fsp3) is 0.250. The molecule has 0 saturated heterocycles. The third-order valence-corrected chi connectivity index (χ3v) is 3.90. The summed E-state index contributed by atoms with van der Waals surface area (Å²) in [6.45, 7) is 4.02. The number of nitrogens with zero attached hydrogens (tertiary/aromatic N) is 1. The van der Waals surface area contributed by atoms with Crippen molar-refractivity contribution in [2.75, 3.05) is 6.54 Å². The Balaban J connectivity index is 1.67. The standard InChI is InChI=1S/C16H16ClN3O2/c1-9-15(10(2)22-20-9)16(21)18-6-5-11-8-19-14-4-3-12(17)7-13(11)14/h3-4,7-8,19H,5-6H2,1-2H3,(H,18,21). The number of nitrogens with one attached hydrogen (secondary N) is 2. The number of carbonyl (C=O) groups is 1. The van der Waals surface area contributed by atoms with E-state index in [2.05, 4.69) is 15.5 Å². The zero-order valence-corrected chi connectivity index (χ0v) is 13.1. The van der Waals surface area contributed by atoms with Crippen molar-refractivity contribution in [3.63, 3.8) is 0 Å². The highest BCUT2D eigenvalue weighted by Crippen LogP contribution is 2.22. The zero-order valence-electron chi connectivity index (χ0n) is 12.4. The zero-order chi connectivity index (χ0) is 15.7. The Kier molecular flexibility index (Phi) is 3.90. The highest BCUT2D eigenvalue weighted by molar-refractivity contribution is 6.31. The minimum absolute atomic E-state index is 0.158. The summed E-state index contributed by atoms with van der Waals surface area (Å²) in [5, 5.41) is 8.47. The van der Waals surface area contributed by atoms with Crippen LogP contribution < -0.4 is 5.32 Å². The number of H-pyrrole nitrogens is 1. The molecule has 2 aromatic heterocycles. The van der Waals surface area contributed by atoms with Crippen molar-refractivity contribution < 1.29 is 9.32 Å². The minimum atomic E-state index is -0.158. The van der Waals surface area contributed by atoms with Crippen molar-refractivity contribution in [1.29, 1.82) is 0 Å². The van der Waals surface area contributed by atoms with E-state index in [4.69, 9.17) is 16.1 Å². The first-order valence-corrected chi connectivity index (χ1v) is 7.40. The number of benzene rings is 1. The lowest BCUT2D eigenvalue weighted by Crippen LogP contribution is -2.26. The molecule has 114 valence electrons. The summed E-state index contributed by atoms with van der Waals surface area (Å²) in [5.74, 6) is 0.378. The molecule has 0 aliphatic rings. The van der Waals surface area contributed by atoms with E-state index in [9.17, 15) is 4.79 Å². The third-order valence-electron chi connectivity index (χ3n) is 3.67. The molecule has 22 heavy (non-hydrogen) atoms. The van der Waals surface area contributed by atoms with E-state index in [0.29, 0.717) is 28.6 Å². The molecule has 0 fully saturated rings. The molecule has 0 spiro atoms. The molecule has 3 aromatic rings. The lowest BCUT2D eigenvalue weighted by molar-refractivity contribution is 0.0952. The first-order valence-electron chi connectivity index (χ1n) is 7.03. The predicted octanol–water partition coefficient (Wildman–Crippen LogP) is 3.40. The van der Waals surface area contributed by atoms with E-state index in [1.54, 1.807) is 13.8 Å². The average Bonchev–Trinajstić information content (AvgIpc) is 3.02. The molecule has 0 aliphatic heterocycles. The molecule has 0 unspecified atom stereocenters. The van der Waals surface area contributed by atoms with E-state index >= 15 is 0 Å². The molecule has 2 N–H and O–H groups in total. The third kappa shape index (κ3) is 2.72. The Morgan fingerprint density at radius 1 is 1.41 bits per heavy atom. The molecule has 2 heterocycles. The minimum Gasteiger partial charge on any atom is -0.361 e. The summed E-state index contributed by atoms with van der Waals surface area (Å²) in [7, 11) is 0. The van der Waals surface area contributed by atoms with Gasteiger partial charge in [0.2, 0.25) is 0 Å². The Labute approximate surface area is 132 Å².